The van der Waals surface area contributed by atoms with Crippen LogP contribution in [0.3, 0.4) is 0 Å². The van der Waals surface area contributed by atoms with E-state index in [9.17, 15) is 4.79 Å². The van der Waals surface area contributed by atoms with Gasteiger partial charge >= 0.3 is 6.09 Å². The van der Waals surface area contributed by atoms with Crippen molar-refractivity contribution in [3.8, 4) is 5.75 Å². The second kappa shape index (κ2) is 9.41. The fourth-order valence-electron chi connectivity index (χ4n) is 3.56. The second-order valence-corrected chi connectivity index (χ2v) is 8.46. The summed E-state index contributed by atoms with van der Waals surface area (Å²) in [5.41, 5.74) is 4.56. The third kappa shape index (κ3) is 6.30. The topological polar surface area (TPSA) is 75.7 Å². The summed E-state index contributed by atoms with van der Waals surface area (Å²) in [4.78, 5) is 16.4. The number of hydrogen-bond donors (Lipinski definition) is 2. The number of ether oxygens (including phenoxy) is 2. The molecule has 7 nitrogen and oxygen atoms in total. The summed E-state index contributed by atoms with van der Waals surface area (Å²) in [5.74, 6) is 0.838. The van der Waals surface area contributed by atoms with Crippen molar-refractivity contribution in [2.45, 2.75) is 58.2 Å². The average molecular weight is 401 g/mol. The Labute approximate surface area is 172 Å². The van der Waals surface area contributed by atoms with E-state index in [2.05, 4.69) is 21.8 Å². The van der Waals surface area contributed by atoms with Gasteiger partial charge < -0.3 is 14.8 Å². The van der Waals surface area contributed by atoms with Crippen molar-refractivity contribution in [3.63, 3.8) is 0 Å². The van der Waals surface area contributed by atoms with E-state index in [0.29, 0.717) is 6.04 Å². The normalized spacial score (nSPS) is 18.3. The van der Waals surface area contributed by atoms with Crippen LogP contribution in [-0.4, -0.2) is 47.9 Å². The van der Waals surface area contributed by atoms with Gasteiger partial charge in [-0.05, 0) is 69.9 Å². The molecule has 2 N–H and O–H groups in total. The summed E-state index contributed by atoms with van der Waals surface area (Å²) in [7, 11) is 1.68. The highest BCUT2D eigenvalue weighted by Crippen LogP contribution is 2.23. The molecule has 1 saturated heterocycles. The van der Waals surface area contributed by atoms with Gasteiger partial charge in [0.05, 0.1) is 12.6 Å². The fraction of sp³-hybridized carbons (Fsp3) is 0.545. The number of fused-ring (bicyclic) bond motifs is 1. The van der Waals surface area contributed by atoms with E-state index in [1.165, 1.54) is 5.56 Å². The van der Waals surface area contributed by atoms with E-state index in [-0.39, 0.29) is 6.09 Å². The van der Waals surface area contributed by atoms with Crippen LogP contribution in [0.15, 0.2) is 30.5 Å². The monoisotopic (exact) mass is 400 g/mol. The van der Waals surface area contributed by atoms with E-state index in [1.54, 1.807) is 7.11 Å². The number of aromatic nitrogens is 1. The lowest BCUT2D eigenvalue weighted by Gasteiger charge is -2.25. The van der Waals surface area contributed by atoms with Gasteiger partial charge in [-0.1, -0.05) is 0 Å². The van der Waals surface area contributed by atoms with Crippen molar-refractivity contribution in [1.29, 1.82) is 0 Å². The maximum absolute atomic E-state index is 12.0. The zero-order chi connectivity index (χ0) is 20.9. The first kappa shape index (κ1) is 21.3. The third-order valence-electron chi connectivity index (χ3n) is 5.00. The van der Waals surface area contributed by atoms with Gasteiger partial charge in [0, 0.05) is 37.3 Å². The number of hydrogen-bond acceptors (Lipinski definition) is 6. The Bertz CT molecular complexity index is 834. The molecule has 0 spiro atoms. The molecule has 1 aromatic heterocycles. The molecule has 1 aliphatic heterocycles. The van der Waals surface area contributed by atoms with Gasteiger partial charge in [-0.15, -0.1) is 0 Å². The average Bonchev–Trinajstić information content (AvgIpc) is 2.89. The predicted octanol–water partition coefficient (Wildman–Crippen LogP) is 3.63. The lowest BCUT2D eigenvalue weighted by molar-refractivity contribution is 0.0334. The molecule has 1 aromatic carbocycles. The number of hydrazine groups is 1. The highest BCUT2D eigenvalue weighted by Gasteiger charge is 2.21. The van der Waals surface area contributed by atoms with Crippen molar-refractivity contribution >= 4 is 17.0 Å². The lowest BCUT2D eigenvalue weighted by atomic mass is 10.1. The Morgan fingerprint density at radius 2 is 2.07 bits per heavy atom. The van der Waals surface area contributed by atoms with Crippen LogP contribution in [0.25, 0.3) is 10.9 Å². The molecule has 1 amide bonds. The predicted molar refractivity (Wildman–Crippen MR) is 114 cm³/mol. The van der Waals surface area contributed by atoms with Crippen LogP contribution in [-0.2, 0) is 11.3 Å². The third-order valence-corrected chi connectivity index (χ3v) is 5.00. The van der Waals surface area contributed by atoms with E-state index >= 15 is 0 Å². The maximum atomic E-state index is 12.0. The van der Waals surface area contributed by atoms with Crippen molar-refractivity contribution in [1.82, 2.24) is 20.7 Å². The van der Waals surface area contributed by atoms with Gasteiger partial charge in [-0.3, -0.25) is 10.4 Å². The number of pyridine rings is 1. The minimum atomic E-state index is -0.490. The number of benzene rings is 1. The molecule has 0 saturated carbocycles. The number of amides is 1. The molecule has 3 rings (SSSR count). The van der Waals surface area contributed by atoms with E-state index in [4.69, 9.17) is 9.47 Å². The van der Waals surface area contributed by atoms with Crippen LogP contribution in [0.1, 0.15) is 45.6 Å². The molecule has 1 fully saturated rings. The van der Waals surface area contributed by atoms with Gasteiger partial charge in [0.1, 0.15) is 11.4 Å². The fourth-order valence-corrected chi connectivity index (χ4v) is 3.56. The van der Waals surface area contributed by atoms with Crippen molar-refractivity contribution in [2.75, 3.05) is 20.2 Å². The SMILES string of the molecule is COc1ccc2nccc(CNC3CCCN(NC(=O)OC(C)(C)C)CC3)c2c1. The molecule has 7 heteroatoms. The van der Waals surface area contributed by atoms with Crippen LogP contribution >= 0.6 is 0 Å². The van der Waals surface area contributed by atoms with Gasteiger partial charge in [-0.25, -0.2) is 9.80 Å². The molecule has 29 heavy (non-hydrogen) atoms. The Morgan fingerprint density at radius 3 is 2.83 bits per heavy atom. The molecule has 0 radical (unpaired) electrons. The number of nitrogens with zero attached hydrogens (tertiary/aromatic N) is 2. The summed E-state index contributed by atoms with van der Waals surface area (Å²) in [6, 6.07) is 8.42. The van der Waals surface area contributed by atoms with Gasteiger partial charge in [-0.2, -0.15) is 0 Å². The highest BCUT2D eigenvalue weighted by molar-refractivity contribution is 5.83. The number of carbonyl (C=O) groups is 1. The molecular weight excluding hydrogens is 368 g/mol. The number of carbonyl (C=O) groups excluding carboxylic acids is 1. The van der Waals surface area contributed by atoms with E-state index in [1.807, 2.05) is 50.2 Å². The van der Waals surface area contributed by atoms with Gasteiger partial charge in [0.2, 0.25) is 0 Å². The van der Waals surface area contributed by atoms with Crippen LogP contribution < -0.4 is 15.5 Å². The van der Waals surface area contributed by atoms with Crippen LogP contribution in [0.4, 0.5) is 4.79 Å². The maximum Gasteiger partial charge on any atom is 0.422 e. The Morgan fingerprint density at radius 1 is 1.24 bits per heavy atom. The summed E-state index contributed by atoms with van der Waals surface area (Å²) in [6.45, 7) is 8.00. The standard InChI is InChI=1S/C22H32N4O3/c1-22(2,3)29-21(27)25-26-12-5-6-17(10-13-26)24-15-16-9-11-23-20-8-7-18(28-4)14-19(16)20/h7-9,11,14,17,24H,5-6,10,12-13,15H2,1-4H3,(H,25,27). The van der Waals surface area contributed by atoms with Crippen molar-refractivity contribution in [3.05, 3.63) is 36.0 Å². The number of rotatable bonds is 5. The molecule has 1 atom stereocenters. The first-order chi connectivity index (χ1) is 13.8. The van der Waals surface area contributed by atoms with E-state index < -0.39 is 5.60 Å². The lowest BCUT2D eigenvalue weighted by Crippen LogP contribution is -2.45. The summed E-state index contributed by atoms with van der Waals surface area (Å²) in [5, 5.41) is 6.75. The smallest absolute Gasteiger partial charge is 0.422 e. The summed E-state index contributed by atoms with van der Waals surface area (Å²) < 4.78 is 10.7. The van der Waals surface area contributed by atoms with Crippen molar-refractivity contribution < 1.29 is 14.3 Å². The number of nitrogens with one attached hydrogen (secondary N) is 2. The van der Waals surface area contributed by atoms with Crippen molar-refractivity contribution in [2.24, 2.45) is 0 Å². The van der Waals surface area contributed by atoms with Gasteiger partial charge in [0.25, 0.3) is 0 Å². The minimum absolute atomic E-state index is 0.388. The summed E-state index contributed by atoms with van der Waals surface area (Å²) in [6.07, 6.45) is 4.51. The molecular formula is C22H32N4O3. The molecule has 1 unspecified atom stereocenters. The van der Waals surface area contributed by atoms with Crippen LogP contribution in [0, 0.1) is 0 Å². The first-order valence-corrected chi connectivity index (χ1v) is 10.2. The van der Waals surface area contributed by atoms with Crippen LogP contribution in [0.5, 0.6) is 5.75 Å². The Balaban J connectivity index is 1.55. The molecule has 2 aromatic rings. The molecule has 0 bridgehead atoms. The second-order valence-electron chi connectivity index (χ2n) is 8.46. The van der Waals surface area contributed by atoms with Gasteiger partial charge in [0.15, 0.2) is 0 Å². The highest BCUT2D eigenvalue weighted by atomic mass is 16.6. The zero-order valence-corrected chi connectivity index (χ0v) is 17.8. The molecule has 1 aliphatic rings. The van der Waals surface area contributed by atoms with E-state index in [0.717, 1.165) is 55.5 Å². The first-order valence-electron chi connectivity index (χ1n) is 10.2. The van der Waals surface area contributed by atoms with Crippen LogP contribution in [0.2, 0.25) is 0 Å². The largest absolute Gasteiger partial charge is 0.497 e. The Hall–Kier alpha value is -2.38. The summed E-state index contributed by atoms with van der Waals surface area (Å²) >= 11 is 0. The number of methoxy groups -OCH3 is 1. The molecule has 158 valence electrons. The quantitative estimate of drug-likeness (QED) is 0.798. The molecule has 0 aliphatic carbocycles. The Kier molecular flexibility index (Phi) is 6.92. The zero-order valence-electron chi connectivity index (χ0n) is 17.8. The molecule has 2 heterocycles. The minimum Gasteiger partial charge on any atom is -0.497 e.